The second-order valence-electron chi connectivity index (χ2n) is 8.38. The van der Waals surface area contributed by atoms with Crippen LogP contribution in [-0.2, 0) is 22.6 Å². The van der Waals surface area contributed by atoms with Gasteiger partial charge in [0.1, 0.15) is 0 Å². The third-order valence-corrected chi connectivity index (χ3v) is 6.60. The van der Waals surface area contributed by atoms with Crippen LogP contribution in [0.1, 0.15) is 11.1 Å². The lowest BCUT2D eigenvalue weighted by molar-refractivity contribution is -0.154. The molecule has 3 aliphatic rings. The van der Waals surface area contributed by atoms with Crippen LogP contribution in [0, 0.1) is 5.41 Å². The van der Waals surface area contributed by atoms with E-state index in [0.29, 0.717) is 13.0 Å². The highest BCUT2D eigenvalue weighted by atomic mass is 16.2. The lowest BCUT2D eigenvalue weighted by Crippen LogP contribution is -2.74. The SMILES string of the molecule is CN1CCN2c3ccccc3C[C@@]3(C(=O)NC(=O)N(Cc4ccccc4)C3=O)[C@H]2C1. The average Bonchev–Trinajstić information content (AvgIpc) is 2.76. The van der Waals surface area contributed by atoms with Gasteiger partial charge in [0.15, 0.2) is 5.41 Å². The van der Waals surface area contributed by atoms with Crippen molar-refractivity contribution in [1.29, 1.82) is 0 Å². The van der Waals surface area contributed by atoms with Crippen molar-refractivity contribution in [1.82, 2.24) is 15.1 Å². The summed E-state index contributed by atoms with van der Waals surface area (Å²) < 4.78 is 0. The van der Waals surface area contributed by atoms with Gasteiger partial charge < -0.3 is 9.80 Å². The molecule has 2 fully saturated rings. The normalized spacial score (nSPS) is 26.4. The molecular formula is C23H24N4O3. The van der Waals surface area contributed by atoms with Crippen molar-refractivity contribution in [3.8, 4) is 0 Å². The Kier molecular flexibility index (Phi) is 4.36. The molecule has 0 aromatic heterocycles. The Hall–Kier alpha value is -3.19. The van der Waals surface area contributed by atoms with E-state index in [9.17, 15) is 14.4 Å². The van der Waals surface area contributed by atoms with Crippen LogP contribution in [0.15, 0.2) is 54.6 Å². The van der Waals surface area contributed by atoms with Crippen molar-refractivity contribution in [2.45, 2.75) is 19.0 Å². The zero-order valence-corrected chi connectivity index (χ0v) is 16.9. The zero-order valence-electron chi connectivity index (χ0n) is 16.9. The number of nitrogens with one attached hydrogen (secondary N) is 1. The van der Waals surface area contributed by atoms with Gasteiger partial charge in [-0.2, -0.15) is 0 Å². The van der Waals surface area contributed by atoms with E-state index in [1.165, 1.54) is 4.90 Å². The number of fused-ring (bicyclic) bond motifs is 4. The second kappa shape index (κ2) is 6.95. The Morgan fingerprint density at radius 2 is 1.73 bits per heavy atom. The summed E-state index contributed by atoms with van der Waals surface area (Å²) >= 11 is 0. The average molecular weight is 404 g/mol. The number of rotatable bonds is 2. The Morgan fingerprint density at radius 1 is 1.00 bits per heavy atom. The molecular weight excluding hydrogens is 380 g/mol. The fourth-order valence-electron chi connectivity index (χ4n) is 5.05. The molecule has 0 aliphatic carbocycles. The fourth-order valence-corrected chi connectivity index (χ4v) is 5.05. The Balaban J connectivity index is 1.60. The van der Waals surface area contributed by atoms with Crippen molar-refractivity contribution in [2.75, 3.05) is 31.6 Å². The van der Waals surface area contributed by atoms with Crippen molar-refractivity contribution < 1.29 is 14.4 Å². The van der Waals surface area contributed by atoms with Crippen LogP contribution in [0.4, 0.5) is 10.5 Å². The molecule has 3 aliphatic heterocycles. The highest BCUT2D eigenvalue weighted by molar-refractivity contribution is 6.20. The van der Waals surface area contributed by atoms with E-state index in [4.69, 9.17) is 0 Å². The molecule has 3 heterocycles. The third kappa shape index (κ3) is 2.73. The minimum atomic E-state index is -1.33. The fraction of sp³-hybridized carbons (Fsp3) is 0.348. The van der Waals surface area contributed by atoms with E-state index in [2.05, 4.69) is 21.2 Å². The number of nitrogens with zero attached hydrogens (tertiary/aromatic N) is 3. The lowest BCUT2D eigenvalue weighted by atomic mass is 9.67. The quantitative estimate of drug-likeness (QED) is 0.771. The molecule has 154 valence electrons. The first-order chi connectivity index (χ1) is 14.5. The van der Waals surface area contributed by atoms with Crippen LogP contribution in [0.3, 0.4) is 0 Å². The van der Waals surface area contributed by atoms with Crippen molar-refractivity contribution in [2.24, 2.45) is 5.41 Å². The summed E-state index contributed by atoms with van der Waals surface area (Å²) in [6, 6.07) is 16.4. The van der Waals surface area contributed by atoms with Gasteiger partial charge in [-0.3, -0.25) is 19.8 Å². The summed E-state index contributed by atoms with van der Waals surface area (Å²) in [4.78, 5) is 45.4. The summed E-state index contributed by atoms with van der Waals surface area (Å²) in [5.74, 6) is -0.887. The molecule has 0 saturated carbocycles. The number of imide groups is 2. The number of urea groups is 1. The van der Waals surface area contributed by atoms with Crippen LogP contribution in [0.25, 0.3) is 0 Å². The molecule has 0 bridgehead atoms. The van der Waals surface area contributed by atoms with E-state index in [0.717, 1.165) is 29.9 Å². The van der Waals surface area contributed by atoms with Crippen molar-refractivity contribution in [3.05, 3.63) is 65.7 Å². The predicted molar refractivity (Wildman–Crippen MR) is 112 cm³/mol. The number of likely N-dealkylation sites (N-methyl/N-ethyl adjacent to an activating group) is 1. The van der Waals surface area contributed by atoms with Crippen LogP contribution >= 0.6 is 0 Å². The monoisotopic (exact) mass is 404 g/mol. The first kappa shape index (κ1) is 18.8. The molecule has 1 spiro atoms. The first-order valence-electron chi connectivity index (χ1n) is 10.2. The number of hydrogen-bond donors (Lipinski definition) is 1. The van der Waals surface area contributed by atoms with Gasteiger partial charge in [-0.15, -0.1) is 0 Å². The number of para-hydroxylation sites is 1. The van der Waals surface area contributed by atoms with Gasteiger partial charge in [0, 0.05) is 25.3 Å². The molecule has 0 unspecified atom stereocenters. The minimum Gasteiger partial charge on any atom is -0.364 e. The molecule has 2 saturated heterocycles. The summed E-state index contributed by atoms with van der Waals surface area (Å²) in [5, 5.41) is 2.50. The molecule has 2 aromatic carbocycles. The molecule has 5 rings (SSSR count). The molecule has 30 heavy (non-hydrogen) atoms. The number of hydrogen-bond acceptors (Lipinski definition) is 5. The second-order valence-corrected chi connectivity index (χ2v) is 8.38. The van der Waals surface area contributed by atoms with E-state index in [1.807, 2.05) is 55.6 Å². The topological polar surface area (TPSA) is 73.0 Å². The standard InChI is InChI=1S/C23H24N4O3/c1-25-11-12-26-18-10-6-5-9-17(18)13-23(19(26)15-25)20(28)24-22(30)27(21(23)29)14-16-7-3-2-4-8-16/h2-10,19H,11-15H2,1H3,(H,24,28,30)/t19-,23+/m1/s1. The molecule has 2 atom stereocenters. The number of benzene rings is 2. The van der Waals surface area contributed by atoms with Gasteiger partial charge in [0.2, 0.25) is 11.8 Å². The summed E-state index contributed by atoms with van der Waals surface area (Å²) in [5.41, 5.74) is 1.56. The minimum absolute atomic E-state index is 0.144. The van der Waals surface area contributed by atoms with Gasteiger partial charge in [-0.25, -0.2) is 4.79 Å². The zero-order chi connectivity index (χ0) is 20.9. The summed E-state index contributed by atoms with van der Waals surface area (Å²) in [6.07, 6.45) is 0.293. The van der Waals surface area contributed by atoms with Gasteiger partial charge in [0.25, 0.3) is 0 Å². The Bertz CT molecular complexity index is 1020. The molecule has 7 nitrogen and oxygen atoms in total. The Morgan fingerprint density at radius 3 is 2.53 bits per heavy atom. The molecule has 1 N–H and O–H groups in total. The van der Waals surface area contributed by atoms with Gasteiger partial charge >= 0.3 is 6.03 Å². The number of amides is 4. The number of carbonyl (C=O) groups is 3. The van der Waals surface area contributed by atoms with Crippen molar-refractivity contribution in [3.63, 3.8) is 0 Å². The maximum atomic E-state index is 13.9. The number of anilines is 1. The van der Waals surface area contributed by atoms with Crippen LogP contribution in [0.5, 0.6) is 0 Å². The van der Waals surface area contributed by atoms with Crippen LogP contribution in [-0.4, -0.2) is 60.4 Å². The number of carbonyl (C=O) groups excluding carboxylic acids is 3. The smallest absolute Gasteiger partial charge is 0.331 e. The Labute approximate surface area is 175 Å². The van der Waals surface area contributed by atoms with E-state index >= 15 is 0 Å². The third-order valence-electron chi connectivity index (χ3n) is 6.60. The maximum Gasteiger partial charge on any atom is 0.331 e. The van der Waals surface area contributed by atoms with E-state index in [-0.39, 0.29) is 12.6 Å². The summed E-state index contributed by atoms with van der Waals surface area (Å²) in [7, 11) is 2.00. The van der Waals surface area contributed by atoms with E-state index < -0.39 is 23.3 Å². The van der Waals surface area contributed by atoms with Gasteiger partial charge in [-0.05, 0) is 30.7 Å². The van der Waals surface area contributed by atoms with Gasteiger partial charge in [0.05, 0.1) is 12.6 Å². The van der Waals surface area contributed by atoms with Gasteiger partial charge in [-0.1, -0.05) is 48.5 Å². The molecule has 4 amide bonds. The lowest BCUT2D eigenvalue weighted by Gasteiger charge is -2.55. The maximum absolute atomic E-state index is 13.9. The molecule has 7 heteroatoms. The van der Waals surface area contributed by atoms with Crippen molar-refractivity contribution >= 4 is 23.5 Å². The van der Waals surface area contributed by atoms with Crippen LogP contribution in [0.2, 0.25) is 0 Å². The molecule has 2 aromatic rings. The van der Waals surface area contributed by atoms with Crippen LogP contribution < -0.4 is 10.2 Å². The number of piperazine rings is 1. The predicted octanol–water partition coefficient (Wildman–Crippen LogP) is 1.63. The highest BCUT2D eigenvalue weighted by Crippen LogP contribution is 2.45. The number of barbiturate groups is 1. The first-order valence-corrected chi connectivity index (χ1v) is 10.2. The molecule has 0 radical (unpaired) electrons. The van der Waals surface area contributed by atoms with E-state index in [1.54, 1.807) is 0 Å². The largest absolute Gasteiger partial charge is 0.364 e. The highest BCUT2D eigenvalue weighted by Gasteiger charge is 2.62. The summed E-state index contributed by atoms with van der Waals surface area (Å²) in [6.45, 7) is 2.31.